The minimum atomic E-state index is 0.231. The largest absolute Gasteiger partial charge is 0.299 e. The fourth-order valence-electron chi connectivity index (χ4n) is 1.68. The van der Waals surface area contributed by atoms with E-state index in [0.717, 1.165) is 21.4 Å². The molecule has 0 spiro atoms. The Morgan fingerprint density at radius 1 is 1.33 bits per heavy atom. The zero-order valence-electron chi connectivity index (χ0n) is 8.47. The summed E-state index contributed by atoms with van der Waals surface area (Å²) in [5.74, 6) is 1.15. The number of hydrogen-bond acceptors (Lipinski definition) is 2. The average Bonchev–Trinajstić information content (AvgIpc) is 2.17. The van der Waals surface area contributed by atoms with Gasteiger partial charge in [-0.15, -0.1) is 11.8 Å². The maximum atomic E-state index is 6.17. The quantitative estimate of drug-likeness (QED) is 0.817. The Balaban J connectivity index is 2.28. The first-order valence-electron chi connectivity index (χ1n) is 5.00. The first-order valence-corrected chi connectivity index (χ1v) is 6.80. The third kappa shape index (κ3) is 2.62. The van der Waals surface area contributed by atoms with Crippen LogP contribution in [0.3, 0.4) is 0 Å². The second kappa shape index (κ2) is 4.96. The number of thioether (sulfide) groups is 1. The molecule has 1 heterocycles. The van der Waals surface area contributed by atoms with E-state index in [1.54, 1.807) is 0 Å². The second-order valence-corrected chi connectivity index (χ2v) is 5.77. The molecule has 1 aliphatic heterocycles. The standard InChI is InChI=1S/C11H13Cl2NS/c1-7-5-6-15-11(14-7)10-8(12)3-2-4-9(10)13/h2-4,7,11,14H,5-6H2,1H3. The van der Waals surface area contributed by atoms with Gasteiger partial charge < -0.3 is 0 Å². The van der Waals surface area contributed by atoms with E-state index in [9.17, 15) is 0 Å². The molecule has 0 bridgehead atoms. The van der Waals surface area contributed by atoms with Gasteiger partial charge in [0.15, 0.2) is 0 Å². The summed E-state index contributed by atoms with van der Waals surface area (Å²) in [6.45, 7) is 2.19. The van der Waals surface area contributed by atoms with Crippen LogP contribution >= 0.6 is 35.0 Å². The van der Waals surface area contributed by atoms with Gasteiger partial charge in [-0.3, -0.25) is 5.32 Å². The van der Waals surface area contributed by atoms with Gasteiger partial charge in [0.05, 0.1) is 5.37 Å². The van der Waals surface area contributed by atoms with Gasteiger partial charge in [0.1, 0.15) is 0 Å². The Morgan fingerprint density at radius 3 is 2.60 bits per heavy atom. The molecule has 1 nitrogen and oxygen atoms in total. The van der Waals surface area contributed by atoms with Gasteiger partial charge in [-0.1, -0.05) is 29.3 Å². The lowest BCUT2D eigenvalue weighted by Crippen LogP contribution is -2.33. The van der Waals surface area contributed by atoms with Crippen molar-refractivity contribution in [2.45, 2.75) is 24.8 Å². The van der Waals surface area contributed by atoms with Crippen LogP contribution in [-0.4, -0.2) is 11.8 Å². The smallest absolute Gasteiger partial charge is 0.0820 e. The lowest BCUT2D eigenvalue weighted by Gasteiger charge is -2.29. The zero-order chi connectivity index (χ0) is 10.8. The average molecular weight is 262 g/mol. The van der Waals surface area contributed by atoms with Crippen LogP contribution in [0.2, 0.25) is 10.0 Å². The summed E-state index contributed by atoms with van der Waals surface area (Å²) in [6.07, 6.45) is 1.20. The molecular weight excluding hydrogens is 249 g/mol. The van der Waals surface area contributed by atoms with Crippen LogP contribution in [0.5, 0.6) is 0 Å². The number of benzene rings is 1. The molecule has 0 radical (unpaired) electrons. The Labute approximate surface area is 105 Å². The van der Waals surface area contributed by atoms with Crippen molar-refractivity contribution in [2.75, 3.05) is 5.75 Å². The fraction of sp³-hybridized carbons (Fsp3) is 0.455. The summed E-state index contributed by atoms with van der Waals surface area (Å²) >= 11 is 14.2. The van der Waals surface area contributed by atoms with E-state index in [-0.39, 0.29) is 5.37 Å². The van der Waals surface area contributed by atoms with Crippen molar-refractivity contribution in [1.29, 1.82) is 0 Å². The fourth-order valence-corrected chi connectivity index (χ4v) is 3.90. The summed E-state index contributed by atoms with van der Waals surface area (Å²) in [4.78, 5) is 0. The third-order valence-electron chi connectivity index (χ3n) is 2.53. The van der Waals surface area contributed by atoms with Crippen LogP contribution < -0.4 is 5.32 Å². The highest BCUT2D eigenvalue weighted by atomic mass is 35.5. The Hall–Kier alpha value is 0.110. The zero-order valence-corrected chi connectivity index (χ0v) is 10.8. The van der Waals surface area contributed by atoms with Crippen molar-refractivity contribution in [3.8, 4) is 0 Å². The van der Waals surface area contributed by atoms with E-state index >= 15 is 0 Å². The molecule has 0 saturated carbocycles. The highest BCUT2D eigenvalue weighted by Crippen LogP contribution is 2.39. The van der Waals surface area contributed by atoms with Crippen LogP contribution in [-0.2, 0) is 0 Å². The van der Waals surface area contributed by atoms with Crippen molar-refractivity contribution in [2.24, 2.45) is 0 Å². The summed E-state index contributed by atoms with van der Waals surface area (Å²) in [5, 5.41) is 5.24. The van der Waals surface area contributed by atoms with Crippen molar-refractivity contribution in [3.63, 3.8) is 0 Å². The molecule has 1 fully saturated rings. The molecule has 4 heteroatoms. The first-order chi connectivity index (χ1) is 7.18. The van der Waals surface area contributed by atoms with Crippen molar-refractivity contribution < 1.29 is 0 Å². The lowest BCUT2D eigenvalue weighted by atomic mass is 10.2. The normalized spacial score (nSPS) is 26.6. The molecular formula is C11H13Cl2NS. The number of halogens is 2. The molecule has 1 saturated heterocycles. The predicted octanol–water partition coefficient (Wildman–Crippen LogP) is 4.11. The van der Waals surface area contributed by atoms with Gasteiger partial charge in [0, 0.05) is 21.7 Å². The van der Waals surface area contributed by atoms with Gasteiger partial charge >= 0.3 is 0 Å². The summed E-state index contributed by atoms with van der Waals surface area (Å²) in [7, 11) is 0. The van der Waals surface area contributed by atoms with E-state index in [2.05, 4.69) is 12.2 Å². The topological polar surface area (TPSA) is 12.0 Å². The first kappa shape index (κ1) is 11.6. The second-order valence-electron chi connectivity index (χ2n) is 3.74. The number of rotatable bonds is 1. The Morgan fingerprint density at radius 2 is 2.00 bits per heavy atom. The van der Waals surface area contributed by atoms with Gasteiger partial charge in [0.2, 0.25) is 0 Å². The maximum absolute atomic E-state index is 6.17. The molecule has 2 atom stereocenters. The minimum Gasteiger partial charge on any atom is -0.299 e. The molecule has 82 valence electrons. The van der Waals surface area contributed by atoms with Crippen LogP contribution in [0, 0.1) is 0 Å². The highest BCUT2D eigenvalue weighted by molar-refractivity contribution is 7.99. The molecule has 1 N–H and O–H groups in total. The van der Waals surface area contributed by atoms with E-state index in [1.165, 1.54) is 6.42 Å². The van der Waals surface area contributed by atoms with E-state index in [0.29, 0.717) is 6.04 Å². The molecule has 1 aromatic rings. The molecule has 2 rings (SSSR count). The molecule has 0 aromatic heterocycles. The molecule has 15 heavy (non-hydrogen) atoms. The Bertz CT molecular complexity index is 336. The lowest BCUT2D eigenvalue weighted by molar-refractivity contribution is 0.512. The van der Waals surface area contributed by atoms with Gasteiger partial charge in [-0.2, -0.15) is 0 Å². The SMILES string of the molecule is CC1CCSC(c2c(Cl)cccc2Cl)N1. The predicted molar refractivity (Wildman–Crippen MR) is 68.9 cm³/mol. The molecule has 1 aromatic carbocycles. The number of nitrogens with one attached hydrogen (secondary N) is 1. The summed E-state index contributed by atoms with van der Waals surface area (Å²) in [5.41, 5.74) is 1.03. The van der Waals surface area contributed by atoms with Crippen LogP contribution in [0.25, 0.3) is 0 Å². The van der Waals surface area contributed by atoms with Crippen LogP contribution in [0.1, 0.15) is 24.3 Å². The molecule has 2 unspecified atom stereocenters. The number of hydrogen-bond donors (Lipinski definition) is 1. The van der Waals surface area contributed by atoms with Crippen LogP contribution in [0.15, 0.2) is 18.2 Å². The molecule has 0 aliphatic carbocycles. The Kier molecular flexibility index (Phi) is 3.83. The van der Waals surface area contributed by atoms with E-state index < -0.39 is 0 Å². The monoisotopic (exact) mass is 261 g/mol. The highest BCUT2D eigenvalue weighted by Gasteiger charge is 2.23. The molecule has 0 amide bonds. The van der Waals surface area contributed by atoms with Crippen molar-refractivity contribution in [3.05, 3.63) is 33.8 Å². The summed E-state index contributed by atoms with van der Waals surface area (Å²) in [6, 6.07) is 6.20. The van der Waals surface area contributed by atoms with E-state index in [4.69, 9.17) is 23.2 Å². The van der Waals surface area contributed by atoms with Gasteiger partial charge in [-0.25, -0.2) is 0 Å². The van der Waals surface area contributed by atoms with Crippen LogP contribution in [0.4, 0.5) is 0 Å². The summed E-state index contributed by atoms with van der Waals surface area (Å²) < 4.78 is 0. The van der Waals surface area contributed by atoms with Gasteiger partial charge in [0.25, 0.3) is 0 Å². The molecule has 1 aliphatic rings. The third-order valence-corrected chi connectivity index (χ3v) is 4.37. The van der Waals surface area contributed by atoms with Gasteiger partial charge in [-0.05, 0) is 31.2 Å². The van der Waals surface area contributed by atoms with E-state index in [1.807, 2.05) is 30.0 Å². The minimum absolute atomic E-state index is 0.231. The van der Waals surface area contributed by atoms with Crippen molar-refractivity contribution in [1.82, 2.24) is 5.32 Å². The maximum Gasteiger partial charge on any atom is 0.0820 e. The van der Waals surface area contributed by atoms with Crippen molar-refractivity contribution >= 4 is 35.0 Å².